The van der Waals surface area contributed by atoms with Gasteiger partial charge in [0.2, 0.25) is 15.9 Å². The summed E-state index contributed by atoms with van der Waals surface area (Å²) in [5.74, 6) is 0.940. The van der Waals surface area contributed by atoms with E-state index < -0.39 is 10.0 Å². The van der Waals surface area contributed by atoms with Crippen molar-refractivity contribution in [2.24, 2.45) is 0 Å². The molecule has 8 heteroatoms. The van der Waals surface area contributed by atoms with Gasteiger partial charge in [0.1, 0.15) is 11.5 Å². The number of furan rings is 1. The van der Waals surface area contributed by atoms with E-state index in [1.807, 2.05) is 50.2 Å². The van der Waals surface area contributed by atoms with E-state index >= 15 is 0 Å². The lowest BCUT2D eigenvalue weighted by molar-refractivity contribution is -0.132. The van der Waals surface area contributed by atoms with E-state index in [0.29, 0.717) is 30.9 Å². The highest BCUT2D eigenvalue weighted by atomic mass is 32.2. The smallest absolute Gasteiger partial charge is 0.243 e. The van der Waals surface area contributed by atoms with Gasteiger partial charge in [0.05, 0.1) is 31.4 Å². The standard InChI is InChI=1S/C26H32N2O5S/c1-4-21(2)28(34(30,31)25-14-12-23(32-3)13-15-25)20-26(29)27(19-24-11-8-18-33-24)17-16-22-9-6-5-7-10-22/h5-15,18,21H,4,16-17,19-20H2,1-3H3. The number of sulfonamides is 1. The van der Waals surface area contributed by atoms with Crippen LogP contribution < -0.4 is 4.74 Å². The number of hydrogen-bond acceptors (Lipinski definition) is 5. The van der Waals surface area contributed by atoms with Gasteiger partial charge in [0.15, 0.2) is 0 Å². The van der Waals surface area contributed by atoms with E-state index in [1.54, 1.807) is 29.4 Å². The summed E-state index contributed by atoms with van der Waals surface area (Å²) in [6.45, 7) is 4.19. The second-order valence-corrected chi connectivity index (χ2v) is 10.0. The molecule has 1 heterocycles. The number of hydrogen-bond donors (Lipinski definition) is 0. The van der Waals surface area contributed by atoms with Gasteiger partial charge in [-0.3, -0.25) is 4.79 Å². The first-order chi connectivity index (χ1) is 16.3. The van der Waals surface area contributed by atoms with Crippen LogP contribution in [0.25, 0.3) is 0 Å². The third kappa shape index (κ3) is 6.48. The van der Waals surface area contributed by atoms with Crippen molar-refractivity contribution in [3.05, 3.63) is 84.3 Å². The molecule has 34 heavy (non-hydrogen) atoms. The first-order valence-corrected chi connectivity index (χ1v) is 12.8. The Morgan fingerprint density at radius 2 is 1.74 bits per heavy atom. The predicted molar refractivity (Wildman–Crippen MR) is 131 cm³/mol. The van der Waals surface area contributed by atoms with Crippen LogP contribution in [0.1, 0.15) is 31.6 Å². The van der Waals surface area contributed by atoms with Crippen molar-refractivity contribution in [2.75, 3.05) is 20.2 Å². The third-order valence-corrected chi connectivity index (χ3v) is 7.81. The summed E-state index contributed by atoms with van der Waals surface area (Å²) in [7, 11) is -2.36. The van der Waals surface area contributed by atoms with Crippen LogP contribution >= 0.6 is 0 Å². The average molecular weight is 485 g/mol. The molecule has 3 rings (SSSR count). The first kappa shape index (κ1) is 25.5. The zero-order chi connectivity index (χ0) is 24.6. The van der Waals surface area contributed by atoms with E-state index in [9.17, 15) is 13.2 Å². The van der Waals surface area contributed by atoms with E-state index in [0.717, 1.165) is 5.56 Å². The molecule has 0 aliphatic rings. The lowest BCUT2D eigenvalue weighted by atomic mass is 10.1. The van der Waals surface area contributed by atoms with Gasteiger partial charge in [-0.2, -0.15) is 4.31 Å². The van der Waals surface area contributed by atoms with Crippen molar-refractivity contribution in [2.45, 2.75) is 44.2 Å². The van der Waals surface area contributed by atoms with Crippen LogP contribution in [0.15, 0.2) is 82.3 Å². The second kappa shape index (κ2) is 11.9. The van der Waals surface area contributed by atoms with Gasteiger partial charge in [-0.05, 0) is 61.7 Å². The monoisotopic (exact) mass is 484 g/mol. The summed E-state index contributed by atoms with van der Waals surface area (Å²) >= 11 is 0. The van der Waals surface area contributed by atoms with Gasteiger partial charge in [-0.1, -0.05) is 37.3 Å². The fraction of sp³-hybridized carbons (Fsp3) is 0.346. The number of carbonyl (C=O) groups excluding carboxylic acids is 1. The van der Waals surface area contributed by atoms with Crippen molar-refractivity contribution in [1.29, 1.82) is 0 Å². The fourth-order valence-corrected chi connectivity index (χ4v) is 5.24. The zero-order valence-corrected chi connectivity index (χ0v) is 20.7. The number of carbonyl (C=O) groups is 1. The largest absolute Gasteiger partial charge is 0.497 e. The molecule has 0 spiro atoms. The summed E-state index contributed by atoms with van der Waals surface area (Å²) in [4.78, 5) is 15.2. The van der Waals surface area contributed by atoms with Gasteiger partial charge >= 0.3 is 0 Å². The fourth-order valence-electron chi connectivity index (χ4n) is 3.59. The molecule has 0 radical (unpaired) electrons. The van der Waals surface area contributed by atoms with E-state index in [1.165, 1.54) is 23.5 Å². The van der Waals surface area contributed by atoms with Crippen LogP contribution in [-0.2, 0) is 27.8 Å². The summed E-state index contributed by atoms with van der Waals surface area (Å²) in [6, 6.07) is 19.3. The van der Waals surface area contributed by atoms with Gasteiger partial charge < -0.3 is 14.1 Å². The molecular formula is C26H32N2O5S. The summed E-state index contributed by atoms with van der Waals surface area (Å²) < 4.78 is 38.9. The maximum absolute atomic E-state index is 13.5. The minimum absolute atomic E-state index is 0.128. The highest BCUT2D eigenvalue weighted by Gasteiger charge is 2.32. The molecule has 7 nitrogen and oxygen atoms in total. The summed E-state index contributed by atoms with van der Waals surface area (Å²) in [5, 5.41) is 0. The summed E-state index contributed by atoms with van der Waals surface area (Å²) in [6.07, 6.45) is 2.79. The third-order valence-electron chi connectivity index (χ3n) is 5.83. The Balaban J connectivity index is 1.83. The molecule has 3 aromatic rings. The lowest BCUT2D eigenvalue weighted by Crippen LogP contribution is -2.46. The molecule has 0 aliphatic heterocycles. The highest BCUT2D eigenvalue weighted by Crippen LogP contribution is 2.23. The maximum Gasteiger partial charge on any atom is 0.243 e. The molecule has 0 aliphatic carbocycles. The second-order valence-electron chi connectivity index (χ2n) is 8.11. The Morgan fingerprint density at radius 3 is 2.32 bits per heavy atom. The van der Waals surface area contributed by atoms with E-state index in [4.69, 9.17) is 9.15 Å². The summed E-state index contributed by atoms with van der Waals surface area (Å²) in [5.41, 5.74) is 1.10. The van der Waals surface area contributed by atoms with Crippen molar-refractivity contribution in [3.63, 3.8) is 0 Å². The Bertz CT molecular complexity index is 1130. The normalized spacial score (nSPS) is 12.5. The average Bonchev–Trinajstić information content (AvgIpc) is 3.38. The number of nitrogens with zero attached hydrogens (tertiary/aromatic N) is 2. The SMILES string of the molecule is CCC(C)N(CC(=O)N(CCc1ccccc1)Cc1ccco1)S(=O)(=O)c1ccc(OC)cc1. The minimum atomic E-state index is -3.89. The van der Waals surface area contributed by atoms with Crippen LogP contribution in [0.3, 0.4) is 0 Å². The predicted octanol–water partition coefficient (Wildman–Crippen LogP) is 4.35. The van der Waals surface area contributed by atoms with Crippen LogP contribution in [0.4, 0.5) is 0 Å². The quantitative estimate of drug-likeness (QED) is 0.382. The van der Waals surface area contributed by atoms with Crippen molar-refractivity contribution in [3.8, 4) is 5.75 Å². The van der Waals surface area contributed by atoms with Gasteiger partial charge in [-0.15, -0.1) is 0 Å². The molecule has 2 aromatic carbocycles. The van der Waals surface area contributed by atoms with Crippen molar-refractivity contribution in [1.82, 2.24) is 9.21 Å². The molecular weight excluding hydrogens is 452 g/mol. The van der Waals surface area contributed by atoms with E-state index in [-0.39, 0.29) is 29.9 Å². The molecule has 1 unspecified atom stereocenters. The maximum atomic E-state index is 13.5. The first-order valence-electron chi connectivity index (χ1n) is 11.3. The lowest BCUT2D eigenvalue weighted by Gasteiger charge is -2.30. The number of rotatable bonds is 12. The molecule has 1 amide bonds. The molecule has 1 atom stereocenters. The Labute approximate surface area is 202 Å². The Hall–Kier alpha value is -3.10. The van der Waals surface area contributed by atoms with Crippen molar-refractivity contribution < 1.29 is 22.4 Å². The van der Waals surface area contributed by atoms with E-state index in [2.05, 4.69) is 0 Å². The van der Waals surface area contributed by atoms with Gasteiger partial charge in [0, 0.05) is 12.6 Å². The highest BCUT2D eigenvalue weighted by molar-refractivity contribution is 7.89. The Kier molecular flexibility index (Phi) is 8.90. The minimum Gasteiger partial charge on any atom is -0.497 e. The molecule has 0 fully saturated rings. The molecule has 0 saturated carbocycles. The van der Waals surface area contributed by atoms with Gasteiger partial charge in [0.25, 0.3) is 0 Å². The number of amides is 1. The van der Waals surface area contributed by atoms with Crippen LogP contribution in [0, 0.1) is 0 Å². The van der Waals surface area contributed by atoms with Gasteiger partial charge in [-0.25, -0.2) is 8.42 Å². The number of benzene rings is 2. The molecule has 0 saturated heterocycles. The van der Waals surface area contributed by atoms with Crippen LogP contribution in [-0.4, -0.2) is 49.8 Å². The number of ether oxygens (including phenoxy) is 1. The Morgan fingerprint density at radius 1 is 1.03 bits per heavy atom. The zero-order valence-electron chi connectivity index (χ0n) is 19.9. The van der Waals surface area contributed by atoms with Crippen LogP contribution in [0.2, 0.25) is 0 Å². The number of methoxy groups -OCH3 is 1. The molecule has 0 N–H and O–H groups in total. The molecule has 182 valence electrons. The molecule has 1 aromatic heterocycles. The topological polar surface area (TPSA) is 80.1 Å². The van der Waals surface area contributed by atoms with Crippen LogP contribution in [0.5, 0.6) is 5.75 Å². The van der Waals surface area contributed by atoms with Crippen molar-refractivity contribution >= 4 is 15.9 Å². The molecule has 0 bridgehead atoms.